The molecule has 0 saturated heterocycles. The highest BCUT2D eigenvalue weighted by Gasteiger charge is 2.20. The van der Waals surface area contributed by atoms with Gasteiger partial charge in [-0.1, -0.05) is 36.4 Å². The van der Waals surface area contributed by atoms with E-state index in [1.54, 1.807) is 12.1 Å². The maximum Gasteiger partial charge on any atom is 0.123 e. The molecule has 1 nitrogen and oxygen atoms in total. The molecule has 3 rings (SSSR count). The van der Waals surface area contributed by atoms with E-state index in [9.17, 15) is 4.39 Å². The molecule has 1 atom stereocenters. The van der Waals surface area contributed by atoms with Crippen LogP contribution in [0.4, 0.5) is 4.39 Å². The molecule has 0 aliphatic carbocycles. The van der Waals surface area contributed by atoms with Crippen LogP contribution in [0.3, 0.4) is 0 Å². The highest BCUT2D eigenvalue weighted by molar-refractivity contribution is 5.40. The number of benzene rings is 2. The molecule has 1 N–H and O–H groups in total. The highest BCUT2D eigenvalue weighted by Crippen LogP contribution is 2.29. The Kier molecular flexibility index (Phi) is 2.65. The van der Waals surface area contributed by atoms with E-state index in [0.29, 0.717) is 0 Å². The van der Waals surface area contributed by atoms with Gasteiger partial charge in [0.25, 0.3) is 0 Å². The Hall–Kier alpha value is -1.67. The summed E-state index contributed by atoms with van der Waals surface area (Å²) in [5, 5.41) is 3.39. The lowest BCUT2D eigenvalue weighted by Crippen LogP contribution is -2.28. The highest BCUT2D eigenvalue weighted by atomic mass is 19.1. The fourth-order valence-corrected chi connectivity index (χ4v) is 2.52. The molecule has 0 fully saturated rings. The van der Waals surface area contributed by atoms with Crippen molar-refractivity contribution < 1.29 is 4.39 Å². The van der Waals surface area contributed by atoms with Gasteiger partial charge in [0.2, 0.25) is 0 Å². The second kappa shape index (κ2) is 4.30. The summed E-state index contributed by atoms with van der Waals surface area (Å²) >= 11 is 0. The van der Waals surface area contributed by atoms with E-state index in [4.69, 9.17) is 0 Å². The van der Waals surface area contributed by atoms with Gasteiger partial charge in [0.15, 0.2) is 0 Å². The molecule has 0 bridgehead atoms. The summed E-state index contributed by atoms with van der Waals surface area (Å²) in [5.74, 6) is 0.0983. The quantitative estimate of drug-likeness (QED) is 0.789. The molecule has 0 radical (unpaired) electrons. The van der Waals surface area contributed by atoms with Crippen molar-refractivity contribution in [1.29, 1.82) is 0 Å². The number of hydrogen-bond donors (Lipinski definition) is 1. The van der Waals surface area contributed by atoms with Gasteiger partial charge in [-0.05, 0) is 28.8 Å². The largest absolute Gasteiger partial charge is 0.312 e. The fraction of sp³-hybridized carbons (Fsp3) is 0.200. The molecule has 17 heavy (non-hydrogen) atoms. The summed E-state index contributed by atoms with van der Waals surface area (Å²) in [6, 6.07) is 15.3. The molecule has 1 unspecified atom stereocenters. The molecule has 2 heteroatoms. The zero-order valence-electron chi connectivity index (χ0n) is 9.49. The Balaban J connectivity index is 2.06. The monoisotopic (exact) mass is 227 g/mol. The van der Waals surface area contributed by atoms with E-state index >= 15 is 0 Å². The standard InChI is InChI=1S/C15H14FN/c16-13-6-3-5-11(8-13)15-10-17-9-12-4-1-2-7-14(12)15/h1-8,15,17H,9-10H2. The van der Waals surface area contributed by atoms with Crippen molar-refractivity contribution in [1.82, 2.24) is 5.32 Å². The minimum absolute atomic E-state index is 0.162. The summed E-state index contributed by atoms with van der Waals surface area (Å²) < 4.78 is 13.3. The first kappa shape index (κ1) is 10.5. The predicted molar refractivity (Wildman–Crippen MR) is 66.4 cm³/mol. The van der Waals surface area contributed by atoms with Gasteiger partial charge in [0, 0.05) is 19.0 Å². The maximum absolute atomic E-state index is 13.3. The van der Waals surface area contributed by atoms with E-state index in [2.05, 4.69) is 29.6 Å². The zero-order valence-corrected chi connectivity index (χ0v) is 9.49. The van der Waals surface area contributed by atoms with Gasteiger partial charge in [0.1, 0.15) is 5.82 Å². The summed E-state index contributed by atoms with van der Waals surface area (Å²) in [4.78, 5) is 0. The second-order valence-corrected chi connectivity index (χ2v) is 4.44. The van der Waals surface area contributed by atoms with Crippen molar-refractivity contribution in [2.75, 3.05) is 6.54 Å². The molecular weight excluding hydrogens is 213 g/mol. The topological polar surface area (TPSA) is 12.0 Å². The lowest BCUT2D eigenvalue weighted by Gasteiger charge is -2.26. The van der Waals surface area contributed by atoms with Gasteiger partial charge in [-0.25, -0.2) is 4.39 Å². The van der Waals surface area contributed by atoms with Crippen molar-refractivity contribution in [3.05, 3.63) is 71.0 Å². The molecule has 1 aliphatic heterocycles. The van der Waals surface area contributed by atoms with E-state index in [-0.39, 0.29) is 11.7 Å². The Morgan fingerprint density at radius 3 is 2.82 bits per heavy atom. The fourth-order valence-electron chi connectivity index (χ4n) is 2.52. The van der Waals surface area contributed by atoms with Crippen molar-refractivity contribution in [3.63, 3.8) is 0 Å². The van der Waals surface area contributed by atoms with Crippen molar-refractivity contribution in [2.45, 2.75) is 12.5 Å². The van der Waals surface area contributed by atoms with Crippen LogP contribution in [0.15, 0.2) is 48.5 Å². The molecule has 0 amide bonds. The summed E-state index contributed by atoms with van der Waals surface area (Å²) in [5.41, 5.74) is 3.68. The van der Waals surface area contributed by atoms with Crippen molar-refractivity contribution >= 4 is 0 Å². The number of halogens is 1. The van der Waals surface area contributed by atoms with Crippen LogP contribution in [0.5, 0.6) is 0 Å². The molecule has 1 heterocycles. The lowest BCUT2D eigenvalue weighted by atomic mass is 9.85. The smallest absolute Gasteiger partial charge is 0.123 e. The maximum atomic E-state index is 13.3. The van der Waals surface area contributed by atoms with Crippen LogP contribution in [-0.2, 0) is 6.54 Å². The van der Waals surface area contributed by atoms with Gasteiger partial charge in [-0.3, -0.25) is 0 Å². The zero-order chi connectivity index (χ0) is 11.7. The Morgan fingerprint density at radius 2 is 1.94 bits per heavy atom. The van der Waals surface area contributed by atoms with Crippen LogP contribution in [0, 0.1) is 5.82 Å². The Labute approximate surface area is 100 Å². The van der Waals surface area contributed by atoms with Gasteiger partial charge in [0.05, 0.1) is 0 Å². The number of hydrogen-bond acceptors (Lipinski definition) is 1. The molecule has 0 spiro atoms. The SMILES string of the molecule is Fc1cccc(C2CNCc3ccccc32)c1. The van der Waals surface area contributed by atoms with Gasteiger partial charge < -0.3 is 5.32 Å². The van der Waals surface area contributed by atoms with Gasteiger partial charge in [-0.2, -0.15) is 0 Å². The van der Waals surface area contributed by atoms with Gasteiger partial charge in [-0.15, -0.1) is 0 Å². The van der Waals surface area contributed by atoms with Crippen molar-refractivity contribution in [2.24, 2.45) is 0 Å². The van der Waals surface area contributed by atoms with Crippen LogP contribution in [0.1, 0.15) is 22.6 Å². The first-order chi connectivity index (χ1) is 8.34. The first-order valence-electron chi connectivity index (χ1n) is 5.88. The average Bonchev–Trinajstić information content (AvgIpc) is 2.38. The Bertz CT molecular complexity index is 536. The normalized spacial score (nSPS) is 18.8. The molecule has 2 aromatic carbocycles. The molecule has 0 saturated carbocycles. The average molecular weight is 227 g/mol. The van der Waals surface area contributed by atoms with Crippen LogP contribution < -0.4 is 5.32 Å². The number of rotatable bonds is 1. The van der Waals surface area contributed by atoms with E-state index in [1.165, 1.54) is 17.2 Å². The predicted octanol–water partition coefficient (Wildman–Crippen LogP) is 3.06. The van der Waals surface area contributed by atoms with Crippen LogP contribution in [0.25, 0.3) is 0 Å². The van der Waals surface area contributed by atoms with Crippen LogP contribution in [0.2, 0.25) is 0 Å². The molecular formula is C15H14FN. The minimum atomic E-state index is -0.162. The van der Waals surface area contributed by atoms with Gasteiger partial charge >= 0.3 is 0 Å². The number of nitrogens with one attached hydrogen (secondary N) is 1. The number of fused-ring (bicyclic) bond motifs is 1. The molecule has 2 aromatic rings. The second-order valence-electron chi connectivity index (χ2n) is 4.44. The van der Waals surface area contributed by atoms with E-state index in [1.807, 2.05) is 6.07 Å². The van der Waals surface area contributed by atoms with Crippen molar-refractivity contribution in [3.8, 4) is 0 Å². The third-order valence-electron chi connectivity index (χ3n) is 3.35. The first-order valence-corrected chi connectivity index (χ1v) is 5.88. The lowest BCUT2D eigenvalue weighted by molar-refractivity contribution is 0.582. The summed E-state index contributed by atoms with van der Waals surface area (Å²) in [7, 11) is 0. The summed E-state index contributed by atoms with van der Waals surface area (Å²) in [6.45, 7) is 1.78. The van der Waals surface area contributed by atoms with Crippen LogP contribution in [-0.4, -0.2) is 6.54 Å². The van der Waals surface area contributed by atoms with E-state index in [0.717, 1.165) is 18.7 Å². The van der Waals surface area contributed by atoms with E-state index < -0.39 is 0 Å². The van der Waals surface area contributed by atoms with Crippen LogP contribution >= 0.6 is 0 Å². The summed E-state index contributed by atoms with van der Waals surface area (Å²) in [6.07, 6.45) is 0. The molecule has 86 valence electrons. The molecule has 1 aliphatic rings. The molecule has 0 aromatic heterocycles. The minimum Gasteiger partial charge on any atom is -0.312 e. The third kappa shape index (κ3) is 1.96. The third-order valence-corrected chi connectivity index (χ3v) is 3.35. The Morgan fingerprint density at radius 1 is 1.06 bits per heavy atom.